The van der Waals surface area contributed by atoms with Crippen molar-refractivity contribution in [3.63, 3.8) is 0 Å². The summed E-state index contributed by atoms with van der Waals surface area (Å²) in [5.41, 5.74) is 2.54. The minimum atomic E-state index is 0.266. The molecule has 3 rings (SSSR count). The molecule has 1 fully saturated rings. The average Bonchev–Trinajstić information content (AvgIpc) is 3.08. The second-order valence-corrected chi connectivity index (χ2v) is 6.48. The van der Waals surface area contributed by atoms with Gasteiger partial charge in [-0.2, -0.15) is 0 Å². The van der Waals surface area contributed by atoms with Crippen molar-refractivity contribution >= 4 is 22.4 Å². The summed E-state index contributed by atoms with van der Waals surface area (Å²) in [5, 5.41) is 3.06. The minimum absolute atomic E-state index is 0.266. The number of nitrogens with zero attached hydrogens (tertiary/aromatic N) is 3. The monoisotopic (exact) mass is 315 g/mol. The summed E-state index contributed by atoms with van der Waals surface area (Å²) in [4.78, 5) is 21.0. The van der Waals surface area contributed by atoms with E-state index in [-0.39, 0.29) is 5.91 Å². The van der Waals surface area contributed by atoms with Crippen LogP contribution in [0.15, 0.2) is 35.8 Å². The number of rotatable bonds is 4. The third-order valence-corrected chi connectivity index (χ3v) is 5.02. The van der Waals surface area contributed by atoms with Crippen molar-refractivity contribution < 1.29 is 4.79 Å². The van der Waals surface area contributed by atoms with Gasteiger partial charge in [0.15, 0.2) is 5.13 Å². The molecule has 2 aromatic rings. The van der Waals surface area contributed by atoms with E-state index in [1.165, 1.54) is 11.1 Å². The summed E-state index contributed by atoms with van der Waals surface area (Å²) in [6, 6.07) is 8.30. The normalized spacial score (nSPS) is 15.1. The number of carbonyl (C=O) groups excluding carboxylic acids is 1. The van der Waals surface area contributed by atoms with Crippen LogP contribution in [0.1, 0.15) is 17.5 Å². The van der Waals surface area contributed by atoms with Gasteiger partial charge in [0.1, 0.15) is 0 Å². The molecule has 0 bridgehead atoms. The lowest BCUT2D eigenvalue weighted by Crippen LogP contribution is -2.48. The zero-order valence-corrected chi connectivity index (χ0v) is 13.7. The maximum atomic E-state index is 12.4. The zero-order valence-electron chi connectivity index (χ0n) is 12.9. The Balaban J connectivity index is 1.49. The Labute approximate surface area is 135 Å². The van der Waals surface area contributed by atoms with E-state index in [1.807, 2.05) is 28.6 Å². The van der Waals surface area contributed by atoms with E-state index >= 15 is 0 Å². The van der Waals surface area contributed by atoms with E-state index in [1.54, 1.807) is 11.3 Å². The lowest BCUT2D eigenvalue weighted by molar-refractivity contribution is -0.131. The van der Waals surface area contributed by atoms with Gasteiger partial charge in [-0.25, -0.2) is 4.98 Å². The maximum Gasteiger partial charge on any atom is 0.223 e. The highest BCUT2D eigenvalue weighted by Crippen LogP contribution is 2.19. The van der Waals surface area contributed by atoms with Crippen LogP contribution in [0.4, 0.5) is 5.13 Å². The first kappa shape index (κ1) is 15.0. The number of aromatic nitrogens is 1. The first-order chi connectivity index (χ1) is 10.7. The Morgan fingerprint density at radius 1 is 1.23 bits per heavy atom. The molecule has 0 unspecified atom stereocenters. The molecule has 0 saturated carbocycles. The molecule has 1 aromatic heterocycles. The van der Waals surface area contributed by atoms with Crippen molar-refractivity contribution in [3.05, 3.63) is 47.0 Å². The Morgan fingerprint density at radius 2 is 2.00 bits per heavy atom. The average molecular weight is 315 g/mol. The summed E-state index contributed by atoms with van der Waals surface area (Å²) in [5.74, 6) is 0.266. The highest BCUT2D eigenvalue weighted by atomic mass is 32.1. The Hall–Kier alpha value is -1.88. The van der Waals surface area contributed by atoms with Crippen molar-refractivity contribution in [1.82, 2.24) is 9.88 Å². The van der Waals surface area contributed by atoms with Gasteiger partial charge in [-0.1, -0.05) is 24.3 Å². The van der Waals surface area contributed by atoms with Gasteiger partial charge in [-0.15, -0.1) is 11.3 Å². The van der Waals surface area contributed by atoms with Gasteiger partial charge in [-0.3, -0.25) is 4.79 Å². The largest absolute Gasteiger partial charge is 0.345 e. The molecule has 5 heteroatoms. The van der Waals surface area contributed by atoms with Crippen LogP contribution in [0.25, 0.3) is 0 Å². The fourth-order valence-electron chi connectivity index (χ4n) is 2.81. The van der Waals surface area contributed by atoms with Gasteiger partial charge >= 0.3 is 0 Å². The molecule has 0 aliphatic carbocycles. The number of piperazine rings is 1. The van der Waals surface area contributed by atoms with Crippen LogP contribution in [-0.4, -0.2) is 42.0 Å². The molecular formula is C17H21N3OS. The number of amides is 1. The van der Waals surface area contributed by atoms with E-state index in [0.717, 1.165) is 37.7 Å². The van der Waals surface area contributed by atoms with Crippen LogP contribution in [0, 0.1) is 6.92 Å². The smallest absolute Gasteiger partial charge is 0.223 e. The highest BCUT2D eigenvalue weighted by Gasteiger charge is 2.22. The predicted octanol–water partition coefficient (Wildman–Crippen LogP) is 2.73. The number of thiazole rings is 1. The first-order valence-corrected chi connectivity index (χ1v) is 8.59. The van der Waals surface area contributed by atoms with Crippen LogP contribution in [-0.2, 0) is 11.2 Å². The Morgan fingerprint density at radius 3 is 2.68 bits per heavy atom. The number of hydrogen-bond acceptors (Lipinski definition) is 4. The fraction of sp³-hybridized carbons (Fsp3) is 0.412. The minimum Gasteiger partial charge on any atom is -0.345 e. The summed E-state index contributed by atoms with van der Waals surface area (Å²) >= 11 is 1.66. The van der Waals surface area contributed by atoms with Crippen molar-refractivity contribution in [2.45, 2.75) is 19.8 Å². The van der Waals surface area contributed by atoms with Gasteiger partial charge in [0, 0.05) is 44.2 Å². The molecule has 116 valence electrons. The van der Waals surface area contributed by atoms with Crippen LogP contribution in [0.2, 0.25) is 0 Å². The van der Waals surface area contributed by atoms with Crippen molar-refractivity contribution in [2.24, 2.45) is 0 Å². The van der Waals surface area contributed by atoms with E-state index in [2.05, 4.69) is 28.9 Å². The molecule has 0 N–H and O–H groups in total. The van der Waals surface area contributed by atoms with E-state index in [0.29, 0.717) is 6.42 Å². The first-order valence-electron chi connectivity index (χ1n) is 7.71. The van der Waals surface area contributed by atoms with Gasteiger partial charge in [0.25, 0.3) is 0 Å². The third-order valence-electron chi connectivity index (χ3n) is 4.19. The predicted molar refractivity (Wildman–Crippen MR) is 90.4 cm³/mol. The van der Waals surface area contributed by atoms with Gasteiger partial charge < -0.3 is 9.80 Å². The summed E-state index contributed by atoms with van der Waals surface area (Å²) < 4.78 is 0. The quantitative estimate of drug-likeness (QED) is 0.870. The molecule has 22 heavy (non-hydrogen) atoms. The highest BCUT2D eigenvalue weighted by molar-refractivity contribution is 7.13. The van der Waals surface area contributed by atoms with Gasteiger partial charge in [-0.05, 0) is 24.5 Å². The Bertz CT molecular complexity index is 619. The zero-order chi connectivity index (χ0) is 15.4. The lowest BCUT2D eigenvalue weighted by Gasteiger charge is -2.34. The van der Waals surface area contributed by atoms with Crippen LogP contribution < -0.4 is 4.90 Å². The standard InChI is InChI=1S/C17H21N3OS/c1-14-4-2-3-5-15(14)6-7-16(21)19-9-11-20(12-10-19)17-18-8-13-22-17/h2-5,8,13H,6-7,9-12H2,1H3. The topological polar surface area (TPSA) is 36.4 Å². The van der Waals surface area contributed by atoms with Crippen molar-refractivity contribution in [2.75, 3.05) is 31.1 Å². The van der Waals surface area contributed by atoms with Crippen LogP contribution in [0.3, 0.4) is 0 Å². The number of aryl methyl sites for hydroxylation is 2. The van der Waals surface area contributed by atoms with E-state index in [4.69, 9.17) is 0 Å². The van der Waals surface area contributed by atoms with Crippen LogP contribution in [0.5, 0.6) is 0 Å². The van der Waals surface area contributed by atoms with Gasteiger partial charge in [0.05, 0.1) is 0 Å². The van der Waals surface area contributed by atoms with Crippen molar-refractivity contribution in [3.8, 4) is 0 Å². The molecule has 1 aliphatic rings. The SMILES string of the molecule is Cc1ccccc1CCC(=O)N1CCN(c2nccs2)CC1. The lowest BCUT2D eigenvalue weighted by atomic mass is 10.0. The summed E-state index contributed by atoms with van der Waals surface area (Å²) in [6.07, 6.45) is 3.26. The maximum absolute atomic E-state index is 12.4. The number of benzene rings is 1. The van der Waals surface area contributed by atoms with E-state index in [9.17, 15) is 4.79 Å². The number of carbonyl (C=O) groups is 1. The molecule has 4 nitrogen and oxygen atoms in total. The van der Waals surface area contributed by atoms with E-state index < -0.39 is 0 Å². The Kier molecular flexibility index (Phi) is 4.73. The molecule has 0 spiro atoms. The number of anilines is 1. The third kappa shape index (κ3) is 3.47. The molecule has 0 radical (unpaired) electrons. The molecule has 2 heterocycles. The number of hydrogen-bond donors (Lipinski definition) is 0. The summed E-state index contributed by atoms with van der Waals surface area (Å²) in [7, 11) is 0. The molecule has 1 aliphatic heterocycles. The second kappa shape index (κ2) is 6.92. The van der Waals surface area contributed by atoms with Crippen LogP contribution >= 0.6 is 11.3 Å². The fourth-order valence-corrected chi connectivity index (χ4v) is 3.51. The van der Waals surface area contributed by atoms with Crippen molar-refractivity contribution in [1.29, 1.82) is 0 Å². The molecule has 1 amide bonds. The summed E-state index contributed by atoms with van der Waals surface area (Å²) in [6.45, 7) is 5.46. The second-order valence-electron chi connectivity index (χ2n) is 5.61. The molecule has 1 saturated heterocycles. The molecular weight excluding hydrogens is 294 g/mol. The molecule has 0 atom stereocenters. The molecule has 1 aromatic carbocycles. The van der Waals surface area contributed by atoms with Gasteiger partial charge in [0.2, 0.25) is 5.91 Å².